The topological polar surface area (TPSA) is 36.0 Å². The summed E-state index contributed by atoms with van der Waals surface area (Å²) < 4.78 is 5.65. The Kier molecular flexibility index (Phi) is 7.28. The Morgan fingerprint density at radius 3 is 2.23 bits per heavy atom. The zero-order valence-corrected chi connectivity index (χ0v) is 14.6. The van der Waals surface area contributed by atoms with Gasteiger partial charge in [-0.15, -0.1) is 0 Å². The van der Waals surface area contributed by atoms with Crippen LogP contribution in [-0.2, 0) is 9.53 Å². The van der Waals surface area contributed by atoms with Gasteiger partial charge < -0.3 is 9.64 Å². The SMILES string of the molecule is CC(=O)CN1CCN(C2CCN(CCOC(C)C)CC2)CC1. The summed E-state index contributed by atoms with van der Waals surface area (Å²) in [7, 11) is 0. The number of Topliss-reactive ketones (excluding diaryl/α,β-unsaturated/α-hetero) is 1. The van der Waals surface area contributed by atoms with Crippen LogP contribution in [0.25, 0.3) is 0 Å². The van der Waals surface area contributed by atoms with Crippen LogP contribution in [0.4, 0.5) is 0 Å². The third kappa shape index (κ3) is 5.95. The predicted octanol–water partition coefficient (Wildman–Crippen LogP) is 1.08. The number of piperazine rings is 1. The number of carbonyl (C=O) groups is 1. The van der Waals surface area contributed by atoms with Gasteiger partial charge in [0, 0.05) is 38.8 Å². The Hall–Kier alpha value is -0.490. The maximum absolute atomic E-state index is 11.2. The van der Waals surface area contributed by atoms with Crippen LogP contribution in [0.15, 0.2) is 0 Å². The number of hydrogen-bond acceptors (Lipinski definition) is 5. The van der Waals surface area contributed by atoms with E-state index in [1.807, 2.05) is 0 Å². The zero-order chi connectivity index (χ0) is 15.9. The molecule has 2 heterocycles. The van der Waals surface area contributed by atoms with Crippen molar-refractivity contribution in [1.29, 1.82) is 0 Å². The van der Waals surface area contributed by atoms with E-state index in [0.717, 1.165) is 45.4 Å². The first-order valence-electron chi connectivity index (χ1n) is 8.84. The zero-order valence-electron chi connectivity index (χ0n) is 14.6. The van der Waals surface area contributed by atoms with E-state index in [1.165, 1.54) is 25.9 Å². The molecule has 128 valence electrons. The van der Waals surface area contributed by atoms with Crippen LogP contribution in [-0.4, -0.2) is 91.6 Å². The van der Waals surface area contributed by atoms with E-state index in [1.54, 1.807) is 6.92 Å². The highest BCUT2D eigenvalue weighted by Gasteiger charge is 2.27. The van der Waals surface area contributed by atoms with Gasteiger partial charge in [-0.05, 0) is 46.7 Å². The van der Waals surface area contributed by atoms with Crippen molar-refractivity contribution < 1.29 is 9.53 Å². The van der Waals surface area contributed by atoms with E-state index < -0.39 is 0 Å². The number of rotatable bonds is 7. The standard InChI is InChI=1S/C17H33N3O2/c1-15(2)22-13-12-18-6-4-17(5-7-18)20-10-8-19(9-11-20)14-16(3)21/h15,17H,4-14H2,1-3H3. The van der Waals surface area contributed by atoms with Crippen LogP contribution in [0.1, 0.15) is 33.6 Å². The van der Waals surface area contributed by atoms with Crippen molar-refractivity contribution in [3.8, 4) is 0 Å². The Morgan fingerprint density at radius 2 is 1.68 bits per heavy atom. The van der Waals surface area contributed by atoms with Gasteiger partial charge in [-0.25, -0.2) is 0 Å². The van der Waals surface area contributed by atoms with Gasteiger partial charge in [-0.1, -0.05) is 0 Å². The molecule has 0 saturated carbocycles. The summed E-state index contributed by atoms with van der Waals surface area (Å²) in [5, 5.41) is 0. The molecule has 5 nitrogen and oxygen atoms in total. The average Bonchev–Trinajstić information content (AvgIpc) is 2.48. The summed E-state index contributed by atoms with van der Waals surface area (Å²) in [5.74, 6) is 0.283. The van der Waals surface area contributed by atoms with Crippen molar-refractivity contribution in [2.24, 2.45) is 0 Å². The third-order valence-electron chi connectivity index (χ3n) is 4.79. The summed E-state index contributed by atoms with van der Waals surface area (Å²) in [4.78, 5) is 18.6. The Bertz CT molecular complexity index is 333. The molecular weight excluding hydrogens is 278 g/mol. The van der Waals surface area contributed by atoms with Crippen LogP contribution in [0, 0.1) is 0 Å². The number of piperidine rings is 1. The van der Waals surface area contributed by atoms with Crippen molar-refractivity contribution in [2.75, 3.05) is 59.0 Å². The molecule has 0 aromatic carbocycles. The van der Waals surface area contributed by atoms with Crippen molar-refractivity contribution >= 4 is 5.78 Å². The molecular formula is C17H33N3O2. The second-order valence-corrected chi connectivity index (χ2v) is 7.01. The van der Waals surface area contributed by atoms with Gasteiger partial charge in [0.15, 0.2) is 0 Å². The molecule has 0 aliphatic carbocycles. The number of ketones is 1. The van der Waals surface area contributed by atoms with E-state index in [4.69, 9.17) is 4.74 Å². The monoisotopic (exact) mass is 311 g/mol. The maximum Gasteiger partial charge on any atom is 0.143 e. The van der Waals surface area contributed by atoms with Crippen LogP contribution in [0.3, 0.4) is 0 Å². The van der Waals surface area contributed by atoms with E-state index in [2.05, 4.69) is 28.5 Å². The summed E-state index contributed by atoms with van der Waals surface area (Å²) in [6.45, 7) is 15.1. The fourth-order valence-corrected chi connectivity index (χ4v) is 3.53. The van der Waals surface area contributed by atoms with Gasteiger partial charge in [-0.2, -0.15) is 0 Å². The van der Waals surface area contributed by atoms with Crippen LogP contribution in [0.2, 0.25) is 0 Å². The smallest absolute Gasteiger partial charge is 0.143 e. The molecule has 0 aromatic rings. The number of nitrogens with zero attached hydrogens (tertiary/aromatic N) is 3. The molecule has 5 heteroatoms. The Morgan fingerprint density at radius 1 is 1.05 bits per heavy atom. The van der Waals surface area contributed by atoms with Gasteiger partial charge in [0.1, 0.15) is 5.78 Å². The van der Waals surface area contributed by atoms with Crippen molar-refractivity contribution in [3.05, 3.63) is 0 Å². The van der Waals surface area contributed by atoms with Gasteiger partial charge >= 0.3 is 0 Å². The first-order chi connectivity index (χ1) is 10.5. The third-order valence-corrected chi connectivity index (χ3v) is 4.79. The maximum atomic E-state index is 11.2. The molecule has 0 N–H and O–H groups in total. The molecule has 2 aliphatic rings. The average molecular weight is 311 g/mol. The van der Waals surface area contributed by atoms with E-state index in [-0.39, 0.29) is 5.78 Å². The Labute approximate surface area is 135 Å². The molecule has 22 heavy (non-hydrogen) atoms. The summed E-state index contributed by atoms with van der Waals surface area (Å²) >= 11 is 0. The van der Waals surface area contributed by atoms with Gasteiger partial charge in [0.2, 0.25) is 0 Å². The second kappa shape index (κ2) is 8.96. The van der Waals surface area contributed by atoms with Crippen LogP contribution < -0.4 is 0 Å². The molecule has 2 rings (SSSR count). The highest BCUT2D eigenvalue weighted by atomic mass is 16.5. The first-order valence-corrected chi connectivity index (χ1v) is 8.84. The second-order valence-electron chi connectivity index (χ2n) is 7.01. The molecule has 0 aromatic heterocycles. The predicted molar refractivity (Wildman–Crippen MR) is 89.2 cm³/mol. The van der Waals surface area contributed by atoms with Gasteiger partial charge in [0.25, 0.3) is 0 Å². The molecule has 0 unspecified atom stereocenters. The lowest BCUT2D eigenvalue weighted by Gasteiger charge is -2.42. The van der Waals surface area contributed by atoms with Crippen molar-refractivity contribution in [1.82, 2.24) is 14.7 Å². The molecule has 2 aliphatic heterocycles. The van der Waals surface area contributed by atoms with Crippen LogP contribution in [0.5, 0.6) is 0 Å². The number of hydrogen-bond donors (Lipinski definition) is 0. The van der Waals surface area contributed by atoms with E-state index >= 15 is 0 Å². The fraction of sp³-hybridized carbons (Fsp3) is 0.941. The minimum Gasteiger partial charge on any atom is -0.377 e. The minimum absolute atomic E-state index is 0.283. The van der Waals surface area contributed by atoms with Crippen molar-refractivity contribution in [2.45, 2.75) is 45.8 Å². The lowest BCUT2D eigenvalue weighted by molar-refractivity contribution is -0.118. The molecule has 0 spiro atoms. The fourth-order valence-electron chi connectivity index (χ4n) is 3.53. The molecule has 0 bridgehead atoms. The quantitative estimate of drug-likeness (QED) is 0.703. The summed E-state index contributed by atoms with van der Waals surface area (Å²) in [5.41, 5.74) is 0. The molecule has 0 amide bonds. The summed E-state index contributed by atoms with van der Waals surface area (Å²) in [6.07, 6.45) is 2.88. The lowest BCUT2D eigenvalue weighted by atomic mass is 10.0. The van der Waals surface area contributed by atoms with Gasteiger partial charge in [0.05, 0.1) is 19.3 Å². The first kappa shape index (κ1) is 17.9. The van der Waals surface area contributed by atoms with Crippen LogP contribution >= 0.6 is 0 Å². The van der Waals surface area contributed by atoms with Gasteiger partial charge in [-0.3, -0.25) is 14.6 Å². The number of carbonyl (C=O) groups excluding carboxylic acids is 1. The van der Waals surface area contributed by atoms with Crippen molar-refractivity contribution in [3.63, 3.8) is 0 Å². The molecule has 0 atom stereocenters. The highest BCUT2D eigenvalue weighted by Crippen LogP contribution is 2.18. The number of likely N-dealkylation sites (tertiary alicyclic amines) is 1. The Balaban J connectivity index is 1.62. The van der Waals surface area contributed by atoms with E-state index in [9.17, 15) is 4.79 Å². The largest absolute Gasteiger partial charge is 0.377 e. The normalized spacial score (nSPS) is 23.3. The summed E-state index contributed by atoms with van der Waals surface area (Å²) in [6, 6.07) is 0.738. The minimum atomic E-state index is 0.283. The highest BCUT2D eigenvalue weighted by molar-refractivity contribution is 5.77. The molecule has 0 radical (unpaired) electrons. The molecule has 2 saturated heterocycles. The number of ether oxygens (including phenoxy) is 1. The molecule has 2 fully saturated rings. The van der Waals surface area contributed by atoms with E-state index in [0.29, 0.717) is 12.6 Å². The lowest BCUT2D eigenvalue weighted by Crippen LogP contribution is -2.53.